The minimum Gasteiger partial charge on any atom is -0.393 e. The van der Waals surface area contributed by atoms with E-state index in [0.29, 0.717) is 19.4 Å². The van der Waals surface area contributed by atoms with E-state index in [1.165, 1.54) is 0 Å². The van der Waals surface area contributed by atoms with Gasteiger partial charge in [0, 0.05) is 20.3 Å². The fraction of sp³-hybridized carbons (Fsp3) is 1.00. The van der Waals surface area contributed by atoms with Crippen molar-refractivity contribution in [2.75, 3.05) is 26.6 Å². The van der Waals surface area contributed by atoms with Crippen molar-refractivity contribution in [3.8, 4) is 0 Å². The smallest absolute Gasteiger partial charge is 0.364 e. The third-order valence-electron chi connectivity index (χ3n) is 1.72. The molecule has 0 saturated carbocycles. The Bertz CT molecular complexity index is 91.5. The summed E-state index contributed by atoms with van der Waals surface area (Å²) >= 11 is 0. The van der Waals surface area contributed by atoms with Crippen molar-refractivity contribution in [3.63, 3.8) is 0 Å². The molecule has 0 aromatic heterocycles. The zero-order valence-electron chi connectivity index (χ0n) is 8.55. The van der Waals surface area contributed by atoms with Gasteiger partial charge in [0.05, 0.1) is 6.23 Å². The molecule has 0 radical (unpaired) electrons. The Morgan fingerprint density at radius 1 is 1.00 bits per heavy atom. The third kappa shape index (κ3) is 3.67. The standard InChI is InChI=1S/C8H20O3Si/c1-5-10-12(7-3,8-9-4)11-6-2/h5-8H2,1-4H3. The van der Waals surface area contributed by atoms with Gasteiger partial charge in [-0.15, -0.1) is 0 Å². The molecule has 4 heteroatoms. The minimum absolute atomic E-state index is 0.630. The Kier molecular flexibility index (Phi) is 6.65. The highest BCUT2D eigenvalue weighted by atomic mass is 28.4. The monoisotopic (exact) mass is 192 g/mol. The van der Waals surface area contributed by atoms with E-state index >= 15 is 0 Å². The van der Waals surface area contributed by atoms with Gasteiger partial charge in [0.2, 0.25) is 0 Å². The maximum atomic E-state index is 5.65. The number of hydrogen-bond acceptors (Lipinski definition) is 3. The van der Waals surface area contributed by atoms with Crippen molar-refractivity contribution in [1.82, 2.24) is 0 Å². The molecule has 0 aliphatic heterocycles. The lowest BCUT2D eigenvalue weighted by Gasteiger charge is -2.27. The van der Waals surface area contributed by atoms with Crippen LogP contribution in [0, 0.1) is 0 Å². The van der Waals surface area contributed by atoms with Gasteiger partial charge < -0.3 is 13.6 Å². The van der Waals surface area contributed by atoms with E-state index in [0.717, 1.165) is 6.04 Å². The highest BCUT2D eigenvalue weighted by Crippen LogP contribution is 2.13. The fourth-order valence-electron chi connectivity index (χ4n) is 1.18. The van der Waals surface area contributed by atoms with Crippen LogP contribution in [0.2, 0.25) is 6.04 Å². The molecule has 3 nitrogen and oxygen atoms in total. The molecule has 0 saturated heterocycles. The molecule has 0 unspecified atom stereocenters. The van der Waals surface area contributed by atoms with Crippen LogP contribution in [-0.4, -0.2) is 35.1 Å². The van der Waals surface area contributed by atoms with E-state index in [1.54, 1.807) is 7.11 Å². The Morgan fingerprint density at radius 3 is 1.75 bits per heavy atom. The first-order valence-electron chi connectivity index (χ1n) is 4.51. The van der Waals surface area contributed by atoms with Gasteiger partial charge in [-0.1, -0.05) is 6.92 Å². The van der Waals surface area contributed by atoms with E-state index < -0.39 is 8.56 Å². The van der Waals surface area contributed by atoms with Crippen LogP contribution in [0.1, 0.15) is 20.8 Å². The molecule has 0 aliphatic rings. The van der Waals surface area contributed by atoms with E-state index in [9.17, 15) is 0 Å². The van der Waals surface area contributed by atoms with Crippen molar-refractivity contribution in [1.29, 1.82) is 0 Å². The largest absolute Gasteiger partial charge is 0.393 e. The topological polar surface area (TPSA) is 27.7 Å². The Labute approximate surface area is 76.3 Å². The number of hydrogen-bond donors (Lipinski definition) is 0. The lowest BCUT2D eigenvalue weighted by atomic mass is 10.9. The van der Waals surface area contributed by atoms with Gasteiger partial charge in [-0.05, 0) is 19.9 Å². The lowest BCUT2D eigenvalue weighted by Crippen LogP contribution is -2.46. The van der Waals surface area contributed by atoms with Crippen molar-refractivity contribution >= 4 is 8.56 Å². The highest BCUT2D eigenvalue weighted by Gasteiger charge is 2.34. The summed E-state index contributed by atoms with van der Waals surface area (Å²) < 4.78 is 16.4. The first-order valence-corrected chi connectivity index (χ1v) is 6.74. The van der Waals surface area contributed by atoms with Crippen molar-refractivity contribution in [3.05, 3.63) is 0 Å². The first-order chi connectivity index (χ1) is 5.74. The van der Waals surface area contributed by atoms with Crippen molar-refractivity contribution < 1.29 is 13.6 Å². The van der Waals surface area contributed by atoms with Gasteiger partial charge in [0.1, 0.15) is 0 Å². The van der Waals surface area contributed by atoms with Crippen LogP contribution in [-0.2, 0) is 13.6 Å². The molecule has 0 heterocycles. The third-order valence-corrected chi connectivity index (χ3v) is 5.15. The quantitative estimate of drug-likeness (QED) is 0.575. The van der Waals surface area contributed by atoms with Gasteiger partial charge in [-0.3, -0.25) is 0 Å². The van der Waals surface area contributed by atoms with Gasteiger partial charge >= 0.3 is 8.56 Å². The molecule has 0 N–H and O–H groups in total. The Balaban J connectivity index is 4.06. The summed E-state index contributed by atoms with van der Waals surface area (Å²) in [5.41, 5.74) is 0. The maximum Gasteiger partial charge on any atom is 0.364 e. The average molecular weight is 192 g/mol. The molecule has 0 fully saturated rings. The van der Waals surface area contributed by atoms with E-state index in [4.69, 9.17) is 13.6 Å². The summed E-state index contributed by atoms with van der Waals surface area (Å²) in [6, 6.07) is 0.947. The maximum absolute atomic E-state index is 5.65. The van der Waals surface area contributed by atoms with E-state index in [2.05, 4.69) is 6.92 Å². The molecule has 0 bridgehead atoms. The number of rotatable bonds is 7. The van der Waals surface area contributed by atoms with Crippen LogP contribution in [0.4, 0.5) is 0 Å². The zero-order chi connectivity index (χ0) is 9.45. The second-order valence-electron chi connectivity index (χ2n) is 2.56. The summed E-state index contributed by atoms with van der Waals surface area (Å²) in [5.74, 6) is 0. The molecule has 12 heavy (non-hydrogen) atoms. The molecule has 0 amide bonds. The number of ether oxygens (including phenoxy) is 1. The summed E-state index contributed by atoms with van der Waals surface area (Å²) in [6.07, 6.45) is 0.630. The fourth-order valence-corrected chi connectivity index (χ4v) is 3.53. The normalized spacial score (nSPS) is 12.0. The predicted octanol–water partition coefficient (Wildman–Crippen LogP) is 1.71. The molecular formula is C8H20O3Si. The molecular weight excluding hydrogens is 172 g/mol. The minimum atomic E-state index is -1.99. The second kappa shape index (κ2) is 6.60. The van der Waals surface area contributed by atoms with Crippen LogP contribution in [0.15, 0.2) is 0 Å². The van der Waals surface area contributed by atoms with Gasteiger partial charge in [-0.2, -0.15) is 0 Å². The molecule has 0 aromatic rings. The predicted molar refractivity (Wildman–Crippen MR) is 51.4 cm³/mol. The molecule has 0 spiro atoms. The summed E-state index contributed by atoms with van der Waals surface area (Å²) in [5, 5.41) is 0. The molecule has 74 valence electrons. The van der Waals surface area contributed by atoms with E-state index in [1.807, 2.05) is 13.8 Å². The molecule has 0 aliphatic carbocycles. The van der Waals surface area contributed by atoms with Crippen LogP contribution in [0.5, 0.6) is 0 Å². The Hall–Kier alpha value is 0.0969. The molecule has 0 rings (SSSR count). The van der Waals surface area contributed by atoms with Crippen molar-refractivity contribution in [2.45, 2.75) is 26.8 Å². The summed E-state index contributed by atoms with van der Waals surface area (Å²) in [7, 11) is -0.302. The second-order valence-corrected chi connectivity index (χ2v) is 5.96. The SMILES string of the molecule is CCO[Si](CC)(COC)OCC. The number of methoxy groups -OCH3 is 1. The highest BCUT2D eigenvalue weighted by molar-refractivity contribution is 6.67. The summed E-state index contributed by atoms with van der Waals surface area (Å²) in [6.45, 7) is 7.50. The first kappa shape index (κ1) is 12.1. The van der Waals surface area contributed by atoms with Crippen LogP contribution in [0.25, 0.3) is 0 Å². The van der Waals surface area contributed by atoms with Crippen LogP contribution >= 0.6 is 0 Å². The summed E-state index contributed by atoms with van der Waals surface area (Å²) in [4.78, 5) is 0. The van der Waals surface area contributed by atoms with Gasteiger partial charge in [0.25, 0.3) is 0 Å². The lowest BCUT2D eigenvalue weighted by molar-refractivity contribution is 0.132. The van der Waals surface area contributed by atoms with Crippen molar-refractivity contribution in [2.24, 2.45) is 0 Å². The Morgan fingerprint density at radius 2 is 1.50 bits per heavy atom. The molecule has 0 aromatic carbocycles. The van der Waals surface area contributed by atoms with Gasteiger partial charge in [0.15, 0.2) is 0 Å². The van der Waals surface area contributed by atoms with Crippen LogP contribution < -0.4 is 0 Å². The average Bonchev–Trinajstić information content (AvgIpc) is 2.06. The molecule has 0 atom stereocenters. The van der Waals surface area contributed by atoms with Gasteiger partial charge in [-0.25, -0.2) is 0 Å². The van der Waals surface area contributed by atoms with Crippen LogP contribution in [0.3, 0.4) is 0 Å². The zero-order valence-corrected chi connectivity index (χ0v) is 9.55. The van der Waals surface area contributed by atoms with E-state index in [-0.39, 0.29) is 0 Å².